The van der Waals surface area contributed by atoms with Crippen LogP contribution < -0.4 is 15.2 Å². The van der Waals surface area contributed by atoms with Crippen LogP contribution in [0.1, 0.15) is 25.8 Å². The zero-order valence-corrected chi connectivity index (χ0v) is 12.5. The number of rotatable bonds is 7. The predicted octanol–water partition coefficient (Wildman–Crippen LogP) is 3.50. The van der Waals surface area contributed by atoms with Gasteiger partial charge in [0.2, 0.25) is 0 Å². The Labute approximate surface area is 120 Å². The van der Waals surface area contributed by atoms with Crippen LogP contribution >= 0.6 is 11.6 Å². The highest BCUT2D eigenvalue weighted by atomic mass is 35.5. The standard InChI is InChI=1S/C15H22ClNO2/c1-4-13(17)7-12-5-6-14(18-3)8-15(12)19-10-11(2)9-16/h5-6,8-9,13H,4,7,10,17H2,1-3H3/b11-9+. The van der Waals surface area contributed by atoms with Crippen molar-refractivity contribution in [1.82, 2.24) is 0 Å². The number of hydrogen-bond acceptors (Lipinski definition) is 3. The summed E-state index contributed by atoms with van der Waals surface area (Å²) in [4.78, 5) is 0. The van der Waals surface area contributed by atoms with Gasteiger partial charge in [0.05, 0.1) is 7.11 Å². The first-order valence-electron chi connectivity index (χ1n) is 6.41. The number of nitrogens with two attached hydrogens (primary N) is 1. The summed E-state index contributed by atoms with van der Waals surface area (Å²) in [6, 6.07) is 5.96. The highest BCUT2D eigenvalue weighted by Gasteiger charge is 2.09. The zero-order valence-electron chi connectivity index (χ0n) is 11.8. The second-order valence-electron chi connectivity index (χ2n) is 4.59. The van der Waals surface area contributed by atoms with E-state index in [4.69, 9.17) is 26.8 Å². The van der Waals surface area contributed by atoms with E-state index in [-0.39, 0.29) is 6.04 Å². The summed E-state index contributed by atoms with van der Waals surface area (Å²) in [5, 5.41) is 0. The van der Waals surface area contributed by atoms with Crippen LogP contribution in [-0.4, -0.2) is 19.8 Å². The SMILES string of the molecule is CCC(N)Cc1ccc(OC)cc1OC/C(C)=C/Cl. The molecule has 0 bridgehead atoms. The fraction of sp³-hybridized carbons (Fsp3) is 0.467. The topological polar surface area (TPSA) is 44.5 Å². The molecule has 0 spiro atoms. The van der Waals surface area contributed by atoms with Crippen LogP contribution in [-0.2, 0) is 6.42 Å². The van der Waals surface area contributed by atoms with E-state index in [0.29, 0.717) is 6.61 Å². The summed E-state index contributed by atoms with van der Waals surface area (Å²) in [7, 11) is 1.64. The maximum Gasteiger partial charge on any atom is 0.126 e. The Morgan fingerprint density at radius 1 is 1.47 bits per heavy atom. The molecule has 0 heterocycles. The molecule has 0 saturated carbocycles. The molecule has 0 fully saturated rings. The molecule has 0 saturated heterocycles. The van der Waals surface area contributed by atoms with E-state index in [1.54, 1.807) is 7.11 Å². The van der Waals surface area contributed by atoms with Gasteiger partial charge in [0, 0.05) is 17.6 Å². The van der Waals surface area contributed by atoms with E-state index in [1.807, 2.05) is 25.1 Å². The van der Waals surface area contributed by atoms with Crippen LogP contribution in [0.15, 0.2) is 29.3 Å². The first-order chi connectivity index (χ1) is 9.10. The molecular weight excluding hydrogens is 262 g/mol. The van der Waals surface area contributed by atoms with Gasteiger partial charge < -0.3 is 15.2 Å². The quantitative estimate of drug-likeness (QED) is 0.833. The van der Waals surface area contributed by atoms with Crippen molar-refractivity contribution in [2.75, 3.05) is 13.7 Å². The van der Waals surface area contributed by atoms with Crippen molar-refractivity contribution in [2.45, 2.75) is 32.7 Å². The number of halogens is 1. The smallest absolute Gasteiger partial charge is 0.126 e. The van der Waals surface area contributed by atoms with Gasteiger partial charge in [0.15, 0.2) is 0 Å². The van der Waals surface area contributed by atoms with E-state index in [0.717, 1.165) is 35.5 Å². The van der Waals surface area contributed by atoms with E-state index in [1.165, 1.54) is 5.54 Å². The molecular formula is C15H22ClNO2. The maximum absolute atomic E-state index is 6.01. The van der Waals surface area contributed by atoms with Crippen molar-refractivity contribution in [1.29, 1.82) is 0 Å². The minimum absolute atomic E-state index is 0.139. The Bertz CT molecular complexity index is 432. The molecule has 0 aromatic heterocycles. The maximum atomic E-state index is 6.01. The molecule has 1 rings (SSSR count). The van der Waals surface area contributed by atoms with E-state index < -0.39 is 0 Å². The highest BCUT2D eigenvalue weighted by molar-refractivity contribution is 6.25. The second-order valence-corrected chi connectivity index (χ2v) is 4.81. The van der Waals surface area contributed by atoms with Crippen molar-refractivity contribution in [2.24, 2.45) is 5.73 Å². The molecule has 0 aliphatic rings. The Kier molecular flexibility index (Phi) is 6.74. The third kappa shape index (κ3) is 5.13. The Morgan fingerprint density at radius 3 is 2.79 bits per heavy atom. The number of benzene rings is 1. The Hall–Kier alpha value is -1.19. The van der Waals surface area contributed by atoms with Crippen molar-refractivity contribution >= 4 is 11.6 Å². The number of ether oxygens (including phenoxy) is 2. The fourth-order valence-corrected chi connectivity index (χ4v) is 1.68. The normalized spacial score (nSPS) is 13.2. The van der Waals surface area contributed by atoms with Crippen LogP contribution in [0.25, 0.3) is 0 Å². The van der Waals surface area contributed by atoms with Gasteiger partial charge in [-0.15, -0.1) is 0 Å². The minimum atomic E-state index is 0.139. The average molecular weight is 284 g/mol. The third-order valence-corrected chi connectivity index (χ3v) is 3.29. The van der Waals surface area contributed by atoms with Gasteiger partial charge in [0.1, 0.15) is 18.1 Å². The van der Waals surface area contributed by atoms with E-state index in [2.05, 4.69) is 6.92 Å². The highest BCUT2D eigenvalue weighted by Crippen LogP contribution is 2.26. The van der Waals surface area contributed by atoms with Gasteiger partial charge in [-0.05, 0) is 37.0 Å². The van der Waals surface area contributed by atoms with E-state index in [9.17, 15) is 0 Å². The number of hydrogen-bond donors (Lipinski definition) is 1. The molecule has 19 heavy (non-hydrogen) atoms. The molecule has 1 unspecified atom stereocenters. The van der Waals surface area contributed by atoms with Crippen LogP contribution in [0.5, 0.6) is 11.5 Å². The predicted molar refractivity (Wildman–Crippen MR) is 80.1 cm³/mol. The lowest BCUT2D eigenvalue weighted by Gasteiger charge is -2.15. The lowest BCUT2D eigenvalue weighted by Crippen LogP contribution is -2.21. The first kappa shape index (κ1) is 15.9. The average Bonchev–Trinajstić information content (AvgIpc) is 2.45. The monoisotopic (exact) mass is 283 g/mol. The Morgan fingerprint density at radius 2 is 2.21 bits per heavy atom. The molecule has 2 N–H and O–H groups in total. The van der Waals surface area contributed by atoms with Crippen molar-refractivity contribution in [3.8, 4) is 11.5 Å². The molecule has 1 atom stereocenters. The third-order valence-electron chi connectivity index (χ3n) is 2.92. The largest absolute Gasteiger partial charge is 0.497 e. The molecule has 0 aliphatic carbocycles. The summed E-state index contributed by atoms with van der Waals surface area (Å²) in [6.07, 6.45) is 1.73. The minimum Gasteiger partial charge on any atom is -0.497 e. The van der Waals surface area contributed by atoms with Gasteiger partial charge in [0.25, 0.3) is 0 Å². The second kappa shape index (κ2) is 8.08. The van der Waals surface area contributed by atoms with Crippen molar-refractivity contribution < 1.29 is 9.47 Å². The van der Waals surface area contributed by atoms with Gasteiger partial charge in [-0.2, -0.15) is 0 Å². The number of methoxy groups -OCH3 is 1. The van der Waals surface area contributed by atoms with Crippen LogP contribution in [0.4, 0.5) is 0 Å². The van der Waals surface area contributed by atoms with E-state index >= 15 is 0 Å². The first-order valence-corrected chi connectivity index (χ1v) is 6.85. The van der Waals surface area contributed by atoms with Crippen LogP contribution in [0.2, 0.25) is 0 Å². The Balaban J connectivity index is 2.88. The molecule has 106 valence electrons. The lowest BCUT2D eigenvalue weighted by atomic mass is 10.0. The van der Waals surface area contributed by atoms with Crippen LogP contribution in [0.3, 0.4) is 0 Å². The van der Waals surface area contributed by atoms with Gasteiger partial charge >= 0.3 is 0 Å². The molecule has 1 aromatic carbocycles. The summed E-state index contributed by atoms with van der Waals surface area (Å²) in [5.41, 5.74) is 9.60. The zero-order chi connectivity index (χ0) is 14.3. The molecule has 4 heteroatoms. The van der Waals surface area contributed by atoms with Gasteiger partial charge in [-0.3, -0.25) is 0 Å². The molecule has 0 aliphatic heterocycles. The summed E-state index contributed by atoms with van der Waals surface area (Å²) in [6.45, 7) is 4.46. The van der Waals surface area contributed by atoms with Gasteiger partial charge in [-0.1, -0.05) is 24.6 Å². The van der Waals surface area contributed by atoms with Crippen molar-refractivity contribution in [3.05, 3.63) is 34.9 Å². The lowest BCUT2D eigenvalue weighted by molar-refractivity contribution is 0.342. The summed E-state index contributed by atoms with van der Waals surface area (Å²) in [5.74, 6) is 1.58. The summed E-state index contributed by atoms with van der Waals surface area (Å²) < 4.78 is 11.0. The fourth-order valence-electron chi connectivity index (χ4n) is 1.61. The van der Waals surface area contributed by atoms with Crippen LogP contribution in [0, 0.1) is 0 Å². The molecule has 3 nitrogen and oxygen atoms in total. The molecule has 0 radical (unpaired) electrons. The molecule has 0 amide bonds. The summed E-state index contributed by atoms with van der Waals surface area (Å²) >= 11 is 5.64. The van der Waals surface area contributed by atoms with Crippen molar-refractivity contribution in [3.63, 3.8) is 0 Å². The van der Waals surface area contributed by atoms with Gasteiger partial charge in [-0.25, -0.2) is 0 Å². The molecule has 1 aromatic rings.